The number of carbonyl (C=O) groups excluding carboxylic acids is 1. The van der Waals surface area contributed by atoms with Crippen molar-refractivity contribution < 1.29 is 4.79 Å². The highest BCUT2D eigenvalue weighted by Crippen LogP contribution is 2.09. The third-order valence-corrected chi connectivity index (χ3v) is 3.53. The van der Waals surface area contributed by atoms with Crippen LogP contribution in [0.1, 0.15) is 29.8 Å². The number of halogens is 1. The summed E-state index contributed by atoms with van der Waals surface area (Å²) < 4.78 is 0. The quantitative estimate of drug-likeness (QED) is 0.868. The number of aromatic nitrogens is 1. The first-order chi connectivity index (χ1) is 11.5. The molecule has 0 atom stereocenters. The van der Waals surface area contributed by atoms with Crippen LogP contribution in [0.5, 0.6) is 0 Å². The zero-order valence-electron chi connectivity index (χ0n) is 13.7. The Labute approximate surface area is 146 Å². The molecule has 2 aromatic rings. The van der Waals surface area contributed by atoms with E-state index in [1.807, 2.05) is 44.2 Å². The van der Waals surface area contributed by atoms with Gasteiger partial charge in [-0.1, -0.05) is 55.5 Å². The van der Waals surface area contributed by atoms with E-state index in [4.69, 9.17) is 11.6 Å². The fourth-order valence-electron chi connectivity index (χ4n) is 2.18. The molecule has 2 rings (SSSR count). The molecule has 4 nitrogen and oxygen atoms in total. The molecule has 0 saturated carbocycles. The molecule has 0 fully saturated rings. The van der Waals surface area contributed by atoms with Crippen molar-refractivity contribution in [3.05, 3.63) is 69.1 Å². The molecule has 0 aliphatic rings. The van der Waals surface area contributed by atoms with Crippen molar-refractivity contribution in [3.8, 4) is 11.8 Å². The van der Waals surface area contributed by atoms with Crippen LogP contribution in [0.2, 0.25) is 5.02 Å². The lowest BCUT2D eigenvalue weighted by atomic mass is 10.1. The highest BCUT2D eigenvalue weighted by Gasteiger charge is 2.17. The second-order valence-electron chi connectivity index (χ2n) is 5.81. The Balaban J connectivity index is 2.18. The molecule has 0 radical (unpaired) electrons. The molecule has 1 N–H and O–H groups in total. The third-order valence-electron chi connectivity index (χ3n) is 3.25. The van der Waals surface area contributed by atoms with E-state index in [1.165, 1.54) is 12.3 Å². The number of rotatable bonds is 4. The molecule has 0 saturated heterocycles. The van der Waals surface area contributed by atoms with E-state index >= 15 is 0 Å². The van der Waals surface area contributed by atoms with Crippen molar-refractivity contribution in [2.24, 2.45) is 5.92 Å². The van der Waals surface area contributed by atoms with Gasteiger partial charge in [-0.3, -0.25) is 9.59 Å². The van der Waals surface area contributed by atoms with Gasteiger partial charge in [0, 0.05) is 18.3 Å². The third kappa shape index (κ3) is 5.00. The summed E-state index contributed by atoms with van der Waals surface area (Å²) in [6.07, 6.45) is 1.38. The van der Waals surface area contributed by atoms with Crippen molar-refractivity contribution in [1.82, 2.24) is 9.88 Å². The molecule has 0 aliphatic carbocycles. The summed E-state index contributed by atoms with van der Waals surface area (Å²) in [5.74, 6) is 6.17. The minimum Gasteiger partial charge on any atom is -0.327 e. The van der Waals surface area contributed by atoms with Crippen LogP contribution in [0.15, 0.2) is 47.4 Å². The highest BCUT2D eigenvalue weighted by atomic mass is 35.5. The molecule has 5 heteroatoms. The van der Waals surface area contributed by atoms with Gasteiger partial charge in [0.05, 0.1) is 12.1 Å². The smallest absolute Gasteiger partial charge is 0.266 e. The fraction of sp³-hybridized carbons (Fsp3) is 0.263. The molecule has 1 heterocycles. The first-order valence-corrected chi connectivity index (χ1v) is 8.06. The van der Waals surface area contributed by atoms with Crippen molar-refractivity contribution in [2.75, 3.05) is 13.1 Å². The maximum absolute atomic E-state index is 12.7. The summed E-state index contributed by atoms with van der Waals surface area (Å²) in [7, 11) is 0. The standard InChI is InChI=1S/C19H19ClN2O2/c1-14(2)13-22(10-6-9-15-7-4-3-5-8-15)19(24)16-11-17(20)18(23)21-12-16/h3-5,7-8,11-12,14H,10,13H2,1-2H3,(H,21,23). The van der Waals surface area contributed by atoms with Crippen LogP contribution in [0.4, 0.5) is 0 Å². The molecule has 1 aromatic carbocycles. The monoisotopic (exact) mass is 342 g/mol. The Morgan fingerprint density at radius 3 is 2.62 bits per heavy atom. The van der Waals surface area contributed by atoms with E-state index in [-0.39, 0.29) is 10.9 Å². The van der Waals surface area contributed by atoms with Gasteiger partial charge in [-0.05, 0) is 24.1 Å². The molecule has 24 heavy (non-hydrogen) atoms. The summed E-state index contributed by atoms with van der Waals surface area (Å²) >= 11 is 5.81. The minimum absolute atomic E-state index is 0.000664. The Morgan fingerprint density at radius 2 is 2.00 bits per heavy atom. The molecule has 0 unspecified atom stereocenters. The molecule has 1 aromatic heterocycles. The number of nitrogens with zero attached hydrogens (tertiary/aromatic N) is 1. The van der Waals surface area contributed by atoms with Crippen LogP contribution in [0.25, 0.3) is 0 Å². The van der Waals surface area contributed by atoms with E-state index in [2.05, 4.69) is 16.8 Å². The molecule has 0 bridgehead atoms. The van der Waals surface area contributed by atoms with Crippen LogP contribution in [0.3, 0.4) is 0 Å². The predicted molar refractivity (Wildman–Crippen MR) is 96.1 cm³/mol. The predicted octanol–water partition coefficient (Wildman–Crippen LogP) is 3.18. The fourth-order valence-corrected chi connectivity index (χ4v) is 2.35. The summed E-state index contributed by atoms with van der Waals surface area (Å²) in [6, 6.07) is 11.0. The van der Waals surface area contributed by atoms with E-state index in [9.17, 15) is 9.59 Å². The molecule has 0 spiro atoms. The number of H-pyrrole nitrogens is 1. The molecule has 1 amide bonds. The van der Waals surface area contributed by atoms with Gasteiger partial charge < -0.3 is 9.88 Å². The summed E-state index contributed by atoms with van der Waals surface area (Å²) in [5.41, 5.74) is 0.843. The lowest BCUT2D eigenvalue weighted by Crippen LogP contribution is -2.35. The van der Waals surface area contributed by atoms with Crippen molar-refractivity contribution in [3.63, 3.8) is 0 Å². The Morgan fingerprint density at radius 1 is 1.29 bits per heavy atom. The maximum atomic E-state index is 12.7. The summed E-state index contributed by atoms with van der Waals surface area (Å²) in [4.78, 5) is 28.1. The number of hydrogen-bond acceptors (Lipinski definition) is 2. The maximum Gasteiger partial charge on any atom is 0.266 e. The average Bonchev–Trinajstić information content (AvgIpc) is 2.56. The van der Waals surface area contributed by atoms with Crippen LogP contribution in [0, 0.1) is 17.8 Å². The molecule has 0 aliphatic heterocycles. The Bertz CT molecular complexity index is 816. The first kappa shape index (κ1) is 17.8. The lowest BCUT2D eigenvalue weighted by Gasteiger charge is -2.22. The SMILES string of the molecule is CC(C)CN(CC#Cc1ccccc1)C(=O)c1c[nH]c(=O)c(Cl)c1. The van der Waals surface area contributed by atoms with Crippen LogP contribution < -0.4 is 5.56 Å². The van der Waals surface area contributed by atoms with Gasteiger partial charge >= 0.3 is 0 Å². The summed E-state index contributed by atoms with van der Waals surface area (Å²) in [6.45, 7) is 4.94. The second kappa shape index (κ2) is 8.37. The zero-order chi connectivity index (χ0) is 17.5. The first-order valence-electron chi connectivity index (χ1n) is 7.69. The zero-order valence-corrected chi connectivity index (χ0v) is 14.4. The van der Waals surface area contributed by atoms with E-state index in [0.29, 0.717) is 24.6 Å². The van der Waals surface area contributed by atoms with Gasteiger partial charge in [0.25, 0.3) is 11.5 Å². The number of hydrogen-bond donors (Lipinski definition) is 1. The molecule has 124 valence electrons. The number of carbonyl (C=O) groups is 1. The highest BCUT2D eigenvalue weighted by molar-refractivity contribution is 6.30. The van der Waals surface area contributed by atoms with Crippen LogP contribution in [-0.2, 0) is 0 Å². The Hall–Kier alpha value is -2.51. The van der Waals surface area contributed by atoms with Gasteiger partial charge in [0.2, 0.25) is 0 Å². The molecular formula is C19H19ClN2O2. The number of nitrogens with one attached hydrogen (secondary N) is 1. The summed E-state index contributed by atoms with van der Waals surface area (Å²) in [5, 5.41) is 0.000664. The van der Waals surface area contributed by atoms with Crippen LogP contribution in [-0.4, -0.2) is 28.9 Å². The normalized spacial score (nSPS) is 10.2. The van der Waals surface area contributed by atoms with Gasteiger partial charge in [-0.2, -0.15) is 0 Å². The van der Waals surface area contributed by atoms with Gasteiger partial charge in [0.1, 0.15) is 5.02 Å². The van der Waals surface area contributed by atoms with E-state index in [1.54, 1.807) is 4.90 Å². The van der Waals surface area contributed by atoms with Gasteiger partial charge in [-0.15, -0.1) is 0 Å². The second-order valence-corrected chi connectivity index (χ2v) is 6.22. The topological polar surface area (TPSA) is 53.2 Å². The number of pyridine rings is 1. The average molecular weight is 343 g/mol. The largest absolute Gasteiger partial charge is 0.327 e. The van der Waals surface area contributed by atoms with Crippen LogP contribution >= 0.6 is 11.6 Å². The van der Waals surface area contributed by atoms with E-state index < -0.39 is 5.56 Å². The Kier molecular flexibility index (Phi) is 6.22. The van der Waals surface area contributed by atoms with Crippen molar-refractivity contribution in [1.29, 1.82) is 0 Å². The van der Waals surface area contributed by atoms with Gasteiger partial charge in [-0.25, -0.2) is 0 Å². The van der Waals surface area contributed by atoms with Crippen molar-refractivity contribution in [2.45, 2.75) is 13.8 Å². The van der Waals surface area contributed by atoms with Crippen molar-refractivity contribution >= 4 is 17.5 Å². The lowest BCUT2D eigenvalue weighted by molar-refractivity contribution is 0.0759. The number of aromatic amines is 1. The van der Waals surface area contributed by atoms with Gasteiger partial charge in [0.15, 0.2) is 0 Å². The number of benzene rings is 1. The minimum atomic E-state index is -0.410. The molecular weight excluding hydrogens is 324 g/mol. The number of amides is 1. The van der Waals surface area contributed by atoms with E-state index in [0.717, 1.165) is 5.56 Å².